The summed E-state index contributed by atoms with van der Waals surface area (Å²) in [7, 11) is 0. The second kappa shape index (κ2) is 8.97. The summed E-state index contributed by atoms with van der Waals surface area (Å²) in [5.74, 6) is 6.40. The summed E-state index contributed by atoms with van der Waals surface area (Å²) in [6, 6.07) is 22.4. The van der Waals surface area contributed by atoms with Crippen molar-refractivity contribution in [2.24, 2.45) is 0 Å². The monoisotopic (exact) mass is 504 g/mol. The largest absolute Gasteiger partial charge is 0.423 e. The lowest BCUT2D eigenvalue weighted by molar-refractivity contribution is 0.0734. The minimum atomic E-state index is -0.376. The van der Waals surface area contributed by atoms with Gasteiger partial charge in [-0.1, -0.05) is 11.8 Å². The number of imidazole rings is 1. The molecule has 4 rings (SSSR count). The summed E-state index contributed by atoms with van der Waals surface area (Å²) < 4.78 is 8.46. The second-order valence-electron chi connectivity index (χ2n) is 6.64. The highest BCUT2D eigenvalue weighted by Crippen LogP contribution is 2.15. The van der Waals surface area contributed by atoms with Gasteiger partial charge in [-0.15, -0.1) is 0 Å². The second-order valence-corrected chi connectivity index (χ2v) is 7.89. The van der Waals surface area contributed by atoms with Gasteiger partial charge in [-0.25, -0.2) is 9.78 Å². The van der Waals surface area contributed by atoms with Crippen LogP contribution in [0.5, 0.6) is 5.75 Å². The zero-order chi connectivity index (χ0) is 20.9. The van der Waals surface area contributed by atoms with Crippen molar-refractivity contribution in [3.05, 3.63) is 111 Å². The van der Waals surface area contributed by atoms with Crippen LogP contribution in [0, 0.1) is 22.3 Å². The molecule has 1 heterocycles. The first-order chi connectivity index (χ1) is 14.6. The average Bonchev–Trinajstić information content (AvgIpc) is 3.20. The molecule has 0 spiro atoms. The fourth-order valence-corrected chi connectivity index (χ4v) is 3.14. The van der Waals surface area contributed by atoms with Crippen LogP contribution >= 0.6 is 22.6 Å². The first-order valence-electron chi connectivity index (χ1n) is 9.28. The molecule has 30 heavy (non-hydrogen) atoms. The fraction of sp³-hybridized carbons (Fsp3) is 0.0400. The highest BCUT2D eigenvalue weighted by Gasteiger charge is 2.08. The van der Waals surface area contributed by atoms with Crippen molar-refractivity contribution >= 4 is 28.6 Å². The van der Waals surface area contributed by atoms with Gasteiger partial charge in [-0.2, -0.15) is 0 Å². The zero-order valence-electron chi connectivity index (χ0n) is 16.2. The number of halogens is 1. The van der Waals surface area contributed by atoms with Crippen LogP contribution in [0.25, 0.3) is 5.69 Å². The van der Waals surface area contributed by atoms with Gasteiger partial charge in [0.25, 0.3) is 0 Å². The summed E-state index contributed by atoms with van der Waals surface area (Å²) in [6.45, 7) is 1.96. The van der Waals surface area contributed by atoms with Crippen molar-refractivity contribution in [2.75, 3.05) is 0 Å². The van der Waals surface area contributed by atoms with Crippen LogP contribution in [0.15, 0.2) is 85.3 Å². The van der Waals surface area contributed by atoms with Crippen molar-refractivity contribution in [2.45, 2.75) is 6.92 Å². The van der Waals surface area contributed by atoms with E-state index in [4.69, 9.17) is 4.74 Å². The third kappa shape index (κ3) is 4.97. The van der Waals surface area contributed by atoms with E-state index in [-0.39, 0.29) is 5.97 Å². The number of carbonyl (C=O) groups is 1. The Morgan fingerprint density at radius 3 is 2.07 bits per heavy atom. The first-order valence-corrected chi connectivity index (χ1v) is 10.4. The smallest absolute Gasteiger partial charge is 0.343 e. The molecule has 0 saturated carbocycles. The lowest BCUT2D eigenvalue weighted by Gasteiger charge is -2.04. The highest BCUT2D eigenvalue weighted by molar-refractivity contribution is 14.1. The van der Waals surface area contributed by atoms with Gasteiger partial charge in [0, 0.05) is 26.6 Å². The predicted molar refractivity (Wildman–Crippen MR) is 125 cm³/mol. The lowest BCUT2D eigenvalue weighted by Crippen LogP contribution is -2.08. The van der Waals surface area contributed by atoms with E-state index in [1.165, 1.54) is 0 Å². The SMILES string of the molecule is Cc1cn(-c2ccc(C#Cc3ccc(OC(=O)c4ccc(I)cc4)cc3)cc2)cn1. The maximum absolute atomic E-state index is 12.2. The molecule has 0 bridgehead atoms. The Morgan fingerprint density at radius 1 is 0.900 bits per heavy atom. The van der Waals surface area contributed by atoms with Crippen LogP contribution in [0.1, 0.15) is 27.2 Å². The Kier molecular flexibility index (Phi) is 5.96. The van der Waals surface area contributed by atoms with Gasteiger partial charge in [-0.05, 0) is 102 Å². The molecule has 0 fully saturated rings. The molecule has 0 atom stereocenters. The molecule has 0 unspecified atom stereocenters. The number of benzene rings is 3. The molecular formula is C25H17IN2O2. The van der Waals surface area contributed by atoms with Gasteiger partial charge in [0.2, 0.25) is 0 Å². The van der Waals surface area contributed by atoms with Crippen LogP contribution in [0.4, 0.5) is 0 Å². The first kappa shape index (κ1) is 19.9. The summed E-state index contributed by atoms with van der Waals surface area (Å²) in [5, 5.41) is 0. The quantitative estimate of drug-likeness (QED) is 0.162. The molecule has 4 nitrogen and oxygen atoms in total. The van der Waals surface area contributed by atoms with E-state index < -0.39 is 0 Å². The summed E-state index contributed by atoms with van der Waals surface area (Å²) in [6.07, 6.45) is 3.77. The number of hydrogen-bond acceptors (Lipinski definition) is 3. The normalized spacial score (nSPS) is 10.2. The van der Waals surface area contributed by atoms with Gasteiger partial charge < -0.3 is 9.30 Å². The molecule has 4 aromatic rings. The Labute approximate surface area is 188 Å². The summed E-state index contributed by atoms with van der Waals surface area (Å²) in [5.41, 5.74) is 4.31. The number of rotatable bonds is 3. The molecule has 0 aliphatic heterocycles. The summed E-state index contributed by atoms with van der Waals surface area (Å²) in [4.78, 5) is 16.4. The molecule has 0 aliphatic carbocycles. The molecule has 0 radical (unpaired) electrons. The van der Waals surface area contributed by atoms with Crippen LogP contribution in [-0.2, 0) is 0 Å². The van der Waals surface area contributed by atoms with Crippen molar-refractivity contribution in [3.63, 3.8) is 0 Å². The maximum Gasteiger partial charge on any atom is 0.343 e. The molecule has 0 amide bonds. The number of ether oxygens (including phenoxy) is 1. The average molecular weight is 504 g/mol. The number of hydrogen-bond donors (Lipinski definition) is 0. The number of aryl methyl sites for hydroxylation is 1. The Hall–Kier alpha value is -3.37. The van der Waals surface area contributed by atoms with Crippen molar-refractivity contribution < 1.29 is 9.53 Å². The van der Waals surface area contributed by atoms with Gasteiger partial charge >= 0.3 is 5.97 Å². The van der Waals surface area contributed by atoms with E-state index in [9.17, 15) is 4.79 Å². The van der Waals surface area contributed by atoms with Gasteiger partial charge in [0.05, 0.1) is 17.6 Å². The minimum Gasteiger partial charge on any atom is -0.423 e. The van der Waals surface area contributed by atoms with E-state index >= 15 is 0 Å². The van der Waals surface area contributed by atoms with Crippen LogP contribution < -0.4 is 4.74 Å². The molecule has 0 saturated heterocycles. The summed E-state index contributed by atoms with van der Waals surface area (Å²) >= 11 is 2.20. The Morgan fingerprint density at radius 2 is 1.50 bits per heavy atom. The van der Waals surface area contributed by atoms with Crippen molar-refractivity contribution in [1.29, 1.82) is 0 Å². The van der Waals surface area contributed by atoms with Crippen molar-refractivity contribution in [3.8, 4) is 23.3 Å². The highest BCUT2D eigenvalue weighted by atomic mass is 127. The van der Waals surface area contributed by atoms with E-state index in [2.05, 4.69) is 39.4 Å². The van der Waals surface area contributed by atoms with E-state index in [0.717, 1.165) is 26.1 Å². The number of esters is 1. The number of nitrogens with zero attached hydrogens (tertiary/aromatic N) is 2. The fourth-order valence-electron chi connectivity index (χ4n) is 2.78. The van der Waals surface area contributed by atoms with Crippen LogP contribution in [0.3, 0.4) is 0 Å². The molecule has 146 valence electrons. The maximum atomic E-state index is 12.2. The van der Waals surface area contributed by atoms with Crippen molar-refractivity contribution in [1.82, 2.24) is 9.55 Å². The van der Waals surface area contributed by atoms with E-state index in [1.54, 1.807) is 30.6 Å². The molecular weight excluding hydrogens is 487 g/mol. The third-order valence-electron chi connectivity index (χ3n) is 4.37. The van der Waals surface area contributed by atoms with Gasteiger partial charge in [0.15, 0.2) is 0 Å². The Bertz CT molecular complexity index is 1230. The third-order valence-corrected chi connectivity index (χ3v) is 5.09. The topological polar surface area (TPSA) is 44.1 Å². The molecule has 0 N–H and O–H groups in total. The minimum absolute atomic E-state index is 0.376. The Balaban J connectivity index is 1.41. The van der Waals surface area contributed by atoms with Gasteiger partial charge in [-0.3, -0.25) is 0 Å². The van der Waals surface area contributed by atoms with E-state index in [1.807, 2.05) is 66.2 Å². The molecule has 0 aliphatic rings. The lowest BCUT2D eigenvalue weighted by atomic mass is 10.1. The predicted octanol–water partition coefficient (Wildman–Crippen LogP) is 5.40. The molecule has 1 aromatic heterocycles. The number of aromatic nitrogens is 2. The van der Waals surface area contributed by atoms with Crippen LogP contribution in [0.2, 0.25) is 0 Å². The van der Waals surface area contributed by atoms with Crippen LogP contribution in [-0.4, -0.2) is 15.5 Å². The number of carbonyl (C=O) groups excluding carboxylic acids is 1. The van der Waals surface area contributed by atoms with Gasteiger partial charge in [0.1, 0.15) is 5.75 Å². The zero-order valence-corrected chi connectivity index (χ0v) is 18.3. The standard InChI is InChI=1S/C25H17IN2O2/c1-18-16-28(17-27-18)23-12-4-19(5-13-23)2-3-20-6-14-24(15-7-20)30-25(29)21-8-10-22(26)11-9-21/h4-17H,1H3. The molecule has 3 aromatic carbocycles. The van der Waals surface area contributed by atoms with E-state index in [0.29, 0.717) is 11.3 Å². The molecule has 5 heteroatoms.